The lowest BCUT2D eigenvalue weighted by atomic mass is 9.91. The molecule has 0 radical (unpaired) electrons. The monoisotopic (exact) mass is 375 g/mol. The molecule has 1 aliphatic rings. The average Bonchev–Trinajstić information content (AvgIpc) is 2.98. The first kappa shape index (κ1) is 14.6. The lowest BCUT2D eigenvalue weighted by molar-refractivity contribution is 0.416. The molecule has 4 nitrogen and oxygen atoms in total. The number of fused-ring (bicyclic) bond motifs is 1. The zero-order chi connectivity index (χ0) is 15.8. The molecule has 118 valence electrons. The van der Waals surface area contributed by atoms with Crippen LogP contribution in [-0.4, -0.2) is 23.2 Å². The molecule has 0 spiro atoms. The van der Waals surface area contributed by atoms with Crippen molar-refractivity contribution in [3.05, 3.63) is 52.5 Å². The first-order chi connectivity index (χ1) is 11.2. The van der Waals surface area contributed by atoms with Crippen molar-refractivity contribution in [1.82, 2.24) is 10.1 Å². The van der Waals surface area contributed by atoms with Gasteiger partial charge in [-0.3, -0.25) is 0 Å². The number of aromatic nitrogens is 2. The van der Waals surface area contributed by atoms with E-state index in [4.69, 9.17) is 4.52 Å². The molecule has 0 amide bonds. The minimum absolute atomic E-state index is 0.296. The predicted octanol–water partition coefficient (Wildman–Crippen LogP) is 4.51. The third kappa shape index (κ3) is 2.72. The van der Waals surface area contributed by atoms with Gasteiger partial charge in [0.05, 0.1) is 10.2 Å². The quantitative estimate of drug-likeness (QED) is 0.660. The first-order valence-electron chi connectivity index (χ1n) is 7.62. The van der Waals surface area contributed by atoms with E-state index >= 15 is 0 Å². The van der Waals surface area contributed by atoms with Crippen LogP contribution in [0.15, 0.2) is 45.5 Å². The molecule has 1 aromatic carbocycles. The van der Waals surface area contributed by atoms with E-state index in [-0.39, 0.29) is 5.82 Å². The minimum atomic E-state index is -0.296. The van der Waals surface area contributed by atoms with Crippen LogP contribution in [0.25, 0.3) is 11.0 Å². The molecule has 0 aliphatic carbocycles. The molecule has 0 unspecified atom stereocenters. The van der Waals surface area contributed by atoms with Crippen molar-refractivity contribution >= 4 is 32.7 Å². The van der Waals surface area contributed by atoms with Gasteiger partial charge >= 0.3 is 0 Å². The van der Waals surface area contributed by atoms with Crippen LogP contribution >= 0.6 is 15.9 Å². The Kier molecular flexibility index (Phi) is 3.77. The highest BCUT2D eigenvalue weighted by atomic mass is 79.9. The van der Waals surface area contributed by atoms with Gasteiger partial charge in [0.15, 0.2) is 5.58 Å². The molecule has 1 fully saturated rings. The lowest BCUT2D eigenvalue weighted by Gasteiger charge is -2.32. The zero-order valence-electron chi connectivity index (χ0n) is 12.4. The first-order valence-corrected chi connectivity index (χ1v) is 8.42. The minimum Gasteiger partial charge on any atom is -0.356 e. The number of hydrogen-bond donors (Lipinski definition) is 0. The largest absolute Gasteiger partial charge is 0.356 e. The second kappa shape index (κ2) is 5.92. The number of piperidine rings is 1. The van der Waals surface area contributed by atoms with Crippen molar-refractivity contribution in [2.75, 3.05) is 18.0 Å². The summed E-state index contributed by atoms with van der Waals surface area (Å²) < 4.78 is 19.6. The molecule has 2 aromatic heterocycles. The van der Waals surface area contributed by atoms with Crippen molar-refractivity contribution < 1.29 is 8.91 Å². The molecule has 1 saturated heterocycles. The van der Waals surface area contributed by atoms with E-state index in [1.165, 1.54) is 12.1 Å². The van der Waals surface area contributed by atoms with Crippen LogP contribution in [0, 0.1) is 5.82 Å². The van der Waals surface area contributed by atoms with Gasteiger partial charge in [0.25, 0.3) is 0 Å². The van der Waals surface area contributed by atoms with Crippen LogP contribution < -0.4 is 4.90 Å². The van der Waals surface area contributed by atoms with Gasteiger partial charge < -0.3 is 9.42 Å². The van der Waals surface area contributed by atoms with E-state index in [9.17, 15) is 4.39 Å². The number of anilines is 1. The molecule has 1 aliphatic heterocycles. The number of hydrogen-bond acceptors (Lipinski definition) is 4. The van der Waals surface area contributed by atoms with E-state index in [1.807, 2.05) is 18.3 Å². The topological polar surface area (TPSA) is 42.2 Å². The van der Waals surface area contributed by atoms with Crippen molar-refractivity contribution in [3.63, 3.8) is 0 Å². The number of rotatable bonds is 2. The summed E-state index contributed by atoms with van der Waals surface area (Å²) in [7, 11) is 0. The maximum atomic E-state index is 13.3. The Labute approximate surface area is 141 Å². The highest BCUT2D eigenvalue weighted by Gasteiger charge is 2.26. The number of nitrogens with zero attached hydrogens (tertiary/aromatic N) is 3. The molecule has 6 heteroatoms. The van der Waals surface area contributed by atoms with E-state index in [2.05, 4.69) is 31.0 Å². The summed E-state index contributed by atoms with van der Waals surface area (Å²) >= 11 is 3.56. The molecule has 0 N–H and O–H groups in total. The Bertz CT molecular complexity index is 843. The van der Waals surface area contributed by atoms with Crippen LogP contribution in [0.5, 0.6) is 0 Å². The molecule has 3 aromatic rings. The third-order valence-electron chi connectivity index (χ3n) is 4.38. The molecule has 23 heavy (non-hydrogen) atoms. The predicted molar refractivity (Wildman–Crippen MR) is 90.1 cm³/mol. The summed E-state index contributed by atoms with van der Waals surface area (Å²) in [5.41, 5.74) is 1.47. The molecule has 0 saturated carbocycles. The van der Waals surface area contributed by atoms with E-state index in [1.54, 1.807) is 6.07 Å². The Hall–Kier alpha value is -1.95. The summed E-state index contributed by atoms with van der Waals surface area (Å²) in [6.07, 6.45) is 3.76. The molecule has 0 atom stereocenters. The van der Waals surface area contributed by atoms with Crippen molar-refractivity contribution in [3.8, 4) is 0 Å². The summed E-state index contributed by atoms with van der Waals surface area (Å²) in [5, 5.41) is 5.11. The molecular formula is C17H15BrFN3O. The second-order valence-corrected chi connectivity index (χ2v) is 6.63. The summed E-state index contributed by atoms with van der Waals surface area (Å²) in [6, 6.07) is 8.54. The normalized spacial score (nSPS) is 16.2. The number of pyridine rings is 1. The fraction of sp³-hybridized carbons (Fsp3) is 0.294. The summed E-state index contributed by atoms with van der Waals surface area (Å²) in [6.45, 7) is 1.83. The Morgan fingerprint density at radius 1 is 1.22 bits per heavy atom. The lowest BCUT2D eigenvalue weighted by Crippen LogP contribution is -2.33. The second-order valence-electron chi connectivity index (χ2n) is 5.78. The van der Waals surface area contributed by atoms with E-state index < -0.39 is 0 Å². The van der Waals surface area contributed by atoms with Crippen molar-refractivity contribution in [2.45, 2.75) is 18.8 Å². The highest BCUT2D eigenvalue weighted by Crippen LogP contribution is 2.35. The summed E-state index contributed by atoms with van der Waals surface area (Å²) in [5.74, 6) is 1.02. The van der Waals surface area contributed by atoms with Gasteiger partial charge in [-0.25, -0.2) is 9.37 Å². The maximum Gasteiger partial charge on any atom is 0.170 e. The Balaban J connectivity index is 1.54. The van der Waals surface area contributed by atoms with Crippen LogP contribution in [0.3, 0.4) is 0 Å². The fourth-order valence-electron chi connectivity index (χ4n) is 3.20. The molecule has 3 heterocycles. The molecule has 0 bridgehead atoms. The average molecular weight is 376 g/mol. The van der Waals surface area contributed by atoms with Crippen LogP contribution in [0.4, 0.5) is 10.2 Å². The van der Waals surface area contributed by atoms with Gasteiger partial charge in [-0.1, -0.05) is 5.16 Å². The molecular weight excluding hydrogens is 361 g/mol. The Morgan fingerprint density at radius 2 is 2.04 bits per heavy atom. The van der Waals surface area contributed by atoms with Crippen LogP contribution in [0.2, 0.25) is 0 Å². The zero-order valence-corrected chi connectivity index (χ0v) is 14.0. The smallest absolute Gasteiger partial charge is 0.170 e. The third-order valence-corrected chi connectivity index (χ3v) is 5.00. The van der Waals surface area contributed by atoms with Crippen LogP contribution in [-0.2, 0) is 0 Å². The maximum absolute atomic E-state index is 13.3. The van der Waals surface area contributed by atoms with Crippen molar-refractivity contribution in [2.24, 2.45) is 0 Å². The van der Waals surface area contributed by atoms with Gasteiger partial charge in [-0.15, -0.1) is 0 Å². The van der Waals surface area contributed by atoms with E-state index in [0.717, 1.165) is 47.3 Å². The molecule has 4 rings (SSSR count). The van der Waals surface area contributed by atoms with Crippen LogP contribution in [0.1, 0.15) is 24.5 Å². The highest BCUT2D eigenvalue weighted by molar-refractivity contribution is 9.10. The fourth-order valence-corrected chi connectivity index (χ4v) is 3.71. The number of halogens is 2. The van der Waals surface area contributed by atoms with E-state index in [0.29, 0.717) is 11.5 Å². The van der Waals surface area contributed by atoms with Gasteiger partial charge in [0.2, 0.25) is 0 Å². The summed E-state index contributed by atoms with van der Waals surface area (Å²) in [4.78, 5) is 6.73. The SMILES string of the molecule is Fc1ccc2c(C3CCN(c4ncccc4Br)CC3)noc2c1. The number of benzene rings is 1. The Morgan fingerprint density at radius 3 is 2.83 bits per heavy atom. The van der Waals surface area contributed by atoms with Gasteiger partial charge in [0, 0.05) is 36.7 Å². The van der Waals surface area contributed by atoms with Gasteiger partial charge in [-0.05, 0) is 53.0 Å². The van der Waals surface area contributed by atoms with Crippen molar-refractivity contribution in [1.29, 1.82) is 0 Å². The van der Waals surface area contributed by atoms with Gasteiger partial charge in [-0.2, -0.15) is 0 Å². The van der Waals surface area contributed by atoms with Gasteiger partial charge in [0.1, 0.15) is 11.6 Å². The standard InChI is InChI=1S/C17H15BrFN3O/c18-14-2-1-7-20-17(14)22-8-5-11(6-9-22)16-13-4-3-12(19)10-15(13)23-21-16/h1-4,7,10-11H,5-6,8-9H2.